The summed E-state index contributed by atoms with van der Waals surface area (Å²) in [6.45, 7) is 9.11. The van der Waals surface area contributed by atoms with Gasteiger partial charge in [0.15, 0.2) is 5.69 Å². The van der Waals surface area contributed by atoms with Crippen LogP contribution in [-0.4, -0.2) is 51.8 Å². The Hall–Kier alpha value is -1.71. The van der Waals surface area contributed by atoms with Crippen molar-refractivity contribution in [2.75, 3.05) is 13.1 Å². The molecular weight excluding hydrogens is 328 g/mol. The van der Waals surface area contributed by atoms with Crippen LogP contribution < -0.4 is 4.74 Å². The molecule has 0 unspecified atom stereocenters. The van der Waals surface area contributed by atoms with Crippen molar-refractivity contribution in [3.05, 3.63) is 18.1 Å². The molecule has 6 nitrogen and oxygen atoms in total. The molecule has 0 N–H and O–H groups in total. The Morgan fingerprint density at radius 3 is 2.12 bits per heavy atom. The first-order valence-electron chi connectivity index (χ1n) is 9.73. The van der Waals surface area contributed by atoms with E-state index >= 15 is 0 Å². The molecule has 0 atom stereocenters. The summed E-state index contributed by atoms with van der Waals surface area (Å²) in [4.78, 5) is 10.7. The van der Waals surface area contributed by atoms with E-state index in [0.717, 1.165) is 51.6 Å². The van der Waals surface area contributed by atoms with Gasteiger partial charge in [0.05, 0.1) is 24.6 Å². The van der Waals surface area contributed by atoms with Gasteiger partial charge in [-0.25, -0.2) is 9.97 Å². The molecular formula is C20H30N4O2. The minimum atomic E-state index is 0.167. The van der Waals surface area contributed by atoms with Crippen molar-refractivity contribution in [3.63, 3.8) is 0 Å². The van der Waals surface area contributed by atoms with E-state index in [2.05, 4.69) is 35.6 Å². The maximum Gasteiger partial charge on any atom is 0.232 e. The van der Waals surface area contributed by atoms with Crippen LogP contribution in [0.5, 0.6) is 5.88 Å². The second-order valence-corrected chi connectivity index (χ2v) is 8.36. The van der Waals surface area contributed by atoms with Gasteiger partial charge in [-0.1, -0.05) is 0 Å². The van der Waals surface area contributed by atoms with Crippen LogP contribution in [0.2, 0.25) is 0 Å². The molecule has 1 aliphatic heterocycles. The molecule has 2 aliphatic rings. The molecule has 26 heavy (non-hydrogen) atoms. The monoisotopic (exact) mass is 358 g/mol. The van der Waals surface area contributed by atoms with Crippen LogP contribution >= 0.6 is 0 Å². The molecule has 0 radical (unpaired) electrons. The van der Waals surface area contributed by atoms with E-state index in [0.29, 0.717) is 23.8 Å². The third kappa shape index (κ3) is 5.15. The number of nitrogens with zero attached hydrogens (tertiary/aromatic N) is 4. The van der Waals surface area contributed by atoms with Crippen molar-refractivity contribution in [2.24, 2.45) is 0 Å². The first-order valence-corrected chi connectivity index (χ1v) is 9.73. The molecule has 0 aromatic carbocycles. The zero-order valence-corrected chi connectivity index (χ0v) is 16.1. The molecule has 0 spiro atoms. The SMILES string of the molecule is CC(C)(C)N1CCC(OC2CCC(Oc3cnc(C#N)cn3)CC2)CC1. The average molecular weight is 358 g/mol. The van der Waals surface area contributed by atoms with E-state index in [1.807, 2.05) is 6.07 Å². The van der Waals surface area contributed by atoms with E-state index in [1.165, 1.54) is 12.4 Å². The summed E-state index contributed by atoms with van der Waals surface area (Å²) in [6, 6.07) is 1.96. The van der Waals surface area contributed by atoms with Crippen LogP contribution in [0.3, 0.4) is 0 Å². The highest BCUT2D eigenvalue weighted by molar-refractivity contribution is 5.18. The fourth-order valence-electron chi connectivity index (χ4n) is 3.83. The smallest absolute Gasteiger partial charge is 0.232 e. The van der Waals surface area contributed by atoms with Gasteiger partial charge in [-0.05, 0) is 59.3 Å². The number of hydrogen-bond acceptors (Lipinski definition) is 6. The predicted molar refractivity (Wildman–Crippen MR) is 98.9 cm³/mol. The number of hydrogen-bond donors (Lipinski definition) is 0. The van der Waals surface area contributed by atoms with Crippen LogP contribution in [0, 0.1) is 11.3 Å². The summed E-state index contributed by atoms with van der Waals surface area (Å²) in [5.41, 5.74) is 0.571. The van der Waals surface area contributed by atoms with Crippen molar-refractivity contribution in [1.82, 2.24) is 14.9 Å². The van der Waals surface area contributed by atoms with E-state index in [9.17, 15) is 0 Å². The molecule has 2 heterocycles. The van der Waals surface area contributed by atoms with Crippen LogP contribution in [0.4, 0.5) is 0 Å². The molecule has 1 aromatic heterocycles. The van der Waals surface area contributed by atoms with Crippen molar-refractivity contribution >= 4 is 0 Å². The van der Waals surface area contributed by atoms with Crippen LogP contribution in [0.25, 0.3) is 0 Å². The van der Waals surface area contributed by atoms with Crippen LogP contribution in [0.1, 0.15) is 65.0 Å². The van der Waals surface area contributed by atoms with Gasteiger partial charge >= 0.3 is 0 Å². The number of likely N-dealkylation sites (tertiary alicyclic amines) is 1. The third-order valence-electron chi connectivity index (χ3n) is 5.43. The Morgan fingerprint density at radius 1 is 0.962 bits per heavy atom. The van der Waals surface area contributed by atoms with Crippen molar-refractivity contribution in [2.45, 2.75) is 83.1 Å². The van der Waals surface area contributed by atoms with Gasteiger partial charge in [-0.3, -0.25) is 4.90 Å². The van der Waals surface area contributed by atoms with E-state index in [-0.39, 0.29) is 11.6 Å². The topological polar surface area (TPSA) is 71.3 Å². The number of nitriles is 1. The molecule has 1 aliphatic carbocycles. The van der Waals surface area contributed by atoms with Gasteiger partial charge in [0.1, 0.15) is 12.2 Å². The van der Waals surface area contributed by atoms with Gasteiger partial charge in [0.2, 0.25) is 5.88 Å². The Morgan fingerprint density at radius 2 is 1.58 bits per heavy atom. The summed E-state index contributed by atoms with van der Waals surface area (Å²) in [5.74, 6) is 0.503. The van der Waals surface area contributed by atoms with Gasteiger partial charge in [0, 0.05) is 18.6 Å². The van der Waals surface area contributed by atoms with Crippen molar-refractivity contribution in [1.29, 1.82) is 5.26 Å². The molecule has 2 fully saturated rings. The summed E-state index contributed by atoms with van der Waals surface area (Å²) >= 11 is 0. The van der Waals surface area contributed by atoms with Crippen LogP contribution in [0.15, 0.2) is 12.4 Å². The summed E-state index contributed by atoms with van der Waals surface area (Å²) in [7, 11) is 0. The normalized spacial score (nSPS) is 25.6. The maximum absolute atomic E-state index is 8.76. The standard InChI is InChI=1S/C20H30N4O2/c1-20(2,3)24-10-8-18(9-11-24)25-16-4-6-17(7-5-16)26-19-14-22-15(12-21)13-23-19/h13-14,16-18H,4-11H2,1-3H3. The lowest BCUT2D eigenvalue weighted by molar-refractivity contribution is -0.0744. The third-order valence-corrected chi connectivity index (χ3v) is 5.43. The molecule has 3 rings (SSSR count). The molecule has 142 valence electrons. The maximum atomic E-state index is 8.76. The highest BCUT2D eigenvalue weighted by atomic mass is 16.5. The van der Waals surface area contributed by atoms with Crippen LogP contribution in [-0.2, 0) is 4.74 Å². The molecule has 1 saturated carbocycles. The molecule has 1 saturated heterocycles. The second-order valence-electron chi connectivity index (χ2n) is 8.36. The van der Waals surface area contributed by atoms with Gasteiger partial charge < -0.3 is 9.47 Å². The lowest BCUT2D eigenvalue weighted by atomic mass is 9.94. The quantitative estimate of drug-likeness (QED) is 0.822. The largest absolute Gasteiger partial charge is 0.473 e. The lowest BCUT2D eigenvalue weighted by Crippen LogP contribution is -2.48. The van der Waals surface area contributed by atoms with Gasteiger partial charge in [-0.2, -0.15) is 5.26 Å². The van der Waals surface area contributed by atoms with Crippen molar-refractivity contribution in [3.8, 4) is 11.9 Å². The zero-order valence-electron chi connectivity index (χ0n) is 16.1. The minimum absolute atomic E-state index is 0.167. The average Bonchev–Trinajstić information content (AvgIpc) is 2.64. The zero-order chi connectivity index (χ0) is 18.6. The highest BCUT2D eigenvalue weighted by Crippen LogP contribution is 2.28. The fourth-order valence-corrected chi connectivity index (χ4v) is 3.83. The minimum Gasteiger partial charge on any atom is -0.473 e. The van der Waals surface area contributed by atoms with E-state index < -0.39 is 0 Å². The van der Waals surface area contributed by atoms with E-state index in [1.54, 1.807) is 0 Å². The second kappa shape index (κ2) is 8.32. The summed E-state index contributed by atoms with van der Waals surface area (Å²) in [5, 5.41) is 8.76. The summed E-state index contributed by atoms with van der Waals surface area (Å²) in [6.07, 6.45) is 10.2. The molecule has 6 heteroatoms. The Kier molecular flexibility index (Phi) is 6.10. The first-order chi connectivity index (χ1) is 12.4. The molecule has 0 bridgehead atoms. The predicted octanol–water partition coefficient (Wildman–Crippen LogP) is 3.32. The fraction of sp³-hybridized carbons (Fsp3) is 0.750. The lowest BCUT2D eigenvalue weighted by Gasteiger charge is -2.42. The first kappa shape index (κ1) is 19.1. The Bertz CT molecular complexity index is 604. The van der Waals surface area contributed by atoms with Gasteiger partial charge in [-0.15, -0.1) is 0 Å². The number of aromatic nitrogens is 2. The number of ether oxygens (including phenoxy) is 2. The number of piperidine rings is 1. The van der Waals surface area contributed by atoms with Crippen molar-refractivity contribution < 1.29 is 9.47 Å². The molecule has 1 aromatic rings. The van der Waals surface area contributed by atoms with E-state index in [4.69, 9.17) is 14.7 Å². The van der Waals surface area contributed by atoms with Gasteiger partial charge in [0.25, 0.3) is 0 Å². The number of rotatable bonds is 4. The Labute approximate surface area is 156 Å². The summed E-state index contributed by atoms with van der Waals surface area (Å²) < 4.78 is 12.3. The Balaban J connectivity index is 1.38. The molecule has 0 amide bonds. The highest BCUT2D eigenvalue weighted by Gasteiger charge is 2.30.